The maximum absolute atomic E-state index is 11.8. The van der Waals surface area contributed by atoms with Crippen LogP contribution in [0.2, 0.25) is 0 Å². The van der Waals surface area contributed by atoms with Crippen molar-refractivity contribution < 1.29 is 14.3 Å². The van der Waals surface area contributed by atoms with Gasteiger partial charge < -0.3 is 25.0 Å². The van der Waals surface area contributed by atoms with Crippen molar-refractivity contribution >= 4 is 35.8 Å². The van der Waals surface area contributed by atoms with E-state index in [-0.39, 0.29) is 29.9 Å². The Bertz CT molecular complexity index is 902. The Hall–Kier alpha value is -2.49. The minimum atomic E-state index is -0.0781. The lowest BCUT2D eigenvalue weighted by Gasteiger charge is -2.23. The number of aryl methyl sites for hydroxylation is 1. The first-order chi connectivity index (χ1) is 14.4. The van der Waals surface area contributed by atoms with Crippen LogP contribution in [-0.4, -0.2) is 58.7 Å². The maximum atomic E-state index is 11.8. The molecule has 2 rings (SSSR count). The number of aliphatic imine (C=N–C) groups is 1. The fourth-order valence-electron chi connectivity index (χ4n) is 3.24. The maximum Gasteiger partial charge on any atom is 0.251 e. The first-order valence-electron chi connectivity index (χ1n) is 9.87. The van der Waals surface area contributed by atoms with Crippen LogP contribution in [-0.2, 0) is 13.0 Å². The van der Waals surface area contributed by atoms with Crippen LogP contribution in [0.25, 0.3) is 0 Å². The molecule has 0 bridgehead atoms. The number of amides is 1. The lowest BCUT2D eigenvalue weighted by molar-refractivity contribution is 0.0963. The molecule has 0 atom stereocenters. The lowest BCUT2D eigenvalue weighted by Crippen LogP contribution is -2.39. The summed E-state index contributed by atoms with van der Waals surface area (Å²) in [5.41, 5.74) is 4.02. The number of ether oxygens (including phenoxy) is 2. The Labute approximate surface area is 202 Å². The predicted octanol–water partition coefficient (Wildman–Crippen LogP) is 3.24. The Morgan fingerprint density at radius 3 is 2.42 bits per heavy atom. The number of halogens is 1. The molecular formula is C23H33IN4O3. The quantitative estimate of drug-likeness (QED) is 0.306. The number of nitrogens with zero attached hydrogens (tertiary/aromatic N) is 2. The van der Waals surface area contributed by atoms with Crippen LogP contribution >= 0.6 is 24.0 Å². The summed E-state index contributed by atoms with van der Waals surface area (Å²) in [6.07, 6.45) is 0.785. The van der Waals surface area contributed by atoms with Crippen LogP contribution < -0.4 is 20.1 Å². The summed E-state index contributed by atoms with van der Waals surface area (Å²) in [4.78, 5) is 18.3. The van der Waals surface area contributed by atoms with E-state index >= 15 is 0 Å². The molecule has 2 aromatic carbocycles. The molecule has 0 aliphatic heterocycles. The Morgan fingerprint density at radius 1 is 1.13 bits per heavy atom. The molecule has 2 N–H and O–H groups in total. The predicted molar refractivity (Wildman–Crippen MR) is 136 cm³/mol. The van der Waals surface area contributed by atoms with Crippen LogP contribution in [0, 0.1) is 6.92 Å². The third-order valence-corrected chi connectivity index (χ3v) is 4.94. The molecule has 1 amide bonds. The molecule has 2 aromatic rings. The van der Waals surface area contributed by atoms with Gasteiger partial charge in [0.1, 0.15) is 0 Å². The Kier molecular flexibility index (Phi) is 11.2. The van der Waals surface area contributed by atoms with E-state index in [4.69, 9.17) is 9.47 Å². The highest BCUT2D eigenvalue weighted by atomic mass is 127. The minimum absolute atomic E-state index is 0. The van der Waals surface area contributed by atoms with Crippen molar-refractivity contribution in [1.29, 1.82) is 0 Å². The number of guanidine groups is 1. The first kappa shape index (κ1) is 26.5. The Morgan fingerprint density at radius 2 is 1.81 bits per heavy atom. The average Bonchev–Trinajstić information content (AvgIpc) is 2.77. The number of methoxy groups -OCH3 is 2. The van der Waals surface area contributed by atoms with Crippen molar-refractivity contribution in [2.24, 2.45) is 4.99 Å². The summed E-state index contributed by atoms with van der Waals surface area (Å²) in [5, 5.41) is 6.04. The second-order valence-corrected chi connectivity index (χ2v) is 6.99. The molecule has 0 spiro atoms. The van der Waals surface area contributed by atoms with Gasteiger partial charge in [0, 0.05) is 39.8 Å². The van der Waals surface area contributed by atoms with Crippen molar-refractivity contribution in [2.45, 2.75) is 19.9 Å². The summed E-state index contributed by atoms with van der Waals surface area (Å²) in [7, 11) is 8.68. The summed E-state index contributed by atoms with van der Waals surface area (Å²) < 4.78 is 10.8. The molecular weight excluding hydrogens is 507 g/mol. The van der Waals surface area contributed by atoms with Gasteiger partial charge in [-0.1, -0.05) is 12.1 Å². The second kappa shape index (κ2) is 13.0. The molecule has 8 heteroatoms. The molecule has 0 saturated heterocycles. The number of carbonyl (C=O) groups excluding carboxylic acids is 1. The van der Waals surface area contributed by atoms with Crippen molar-refractivity contribution in [3.05, 3.63) is 58.7 Å². The normalized spacial score (nSPS) is 10.7. The van der Waals surface area contributed by atoms with Gasteiger partial charge in [0.05, 0.1) is 14.2 Å². The van der Waals surface area contributed by atoms with Crippen molar-refractivity contribution in [3.63, 3.8) is 0 Å². The van der Waals surface area contributed by atoms with E-state index in [1.807, 2.05) is 43.4 Å². The molecule has 7 nitrogen and oxygen atoms in total. The topological polar surface area (TPSA) is 75.2 Å². The van der Waals surface area contributed by atoms with E-state index < -0.39 is 0 Å². The van der Waals surface area contributed by atoms with Gasteiger partial charge in [0.25, 0.3) is 5.91 Å². The van der Waals surface area contributed by atoms with Crippen molar-refractivity contribution in [3.8, 4) is 11.5 Å². The van der Waals surface area contributed by atoms with Crippen LogP contribution in [0.1, 0.15) is 27.0 Å². The molecule has 0 aromatic heterocycles. The van der Waals surface area contributed by atoms with E-state index in [1.54, 1.807) is 28.3 Å². The number of rotatable bonds is 8. The van der Waals surface area contributed by atoms with Gasteiger partial charge in [-0.25, -0.2) is 0 Å². The zero-order valence-electron chi connectivity index (χ0n) is 19.1. The van der Waals surface area contributed by atoms with Gasteiger partial charge in [-0.15, -0.1) is 24.0 Å². The number of nitrogens with one attached hydrogen (secondary N) is 2. The average molecular weight is 540 g/mol. The van der Waals surface area contributed by atoms with E-state index in [9.17, 15) is 4.79 Å². The largest absolute Gasteiger partial charge is 0.493 e. The van der Waals surface area contributed by atoms with Gasteiger partial charge in [-0.3, -0.25) is 9.79 Å². The van der Waals surface area contributed by atoms with E-state index in [1.165, 1.54) is 0 Å². The molecule has 0 aliphatic carbocycles. The highest BCUT2D eigenvalue weighted by Gasteiger charge is 2.13. The fourth-order valence-corrected chi connectivity index (χ4v) is 3.24. The second-order valence-electron chi connectivity index (χ2n) is 6.99. The zero-order chi connectivity index (χ0) is 22.1. The highest BCUT2D eigenvalue weighted by Crippen LogP contribution is 2.30. The molecule has 0 aliphatic rings. The summed E-state index contributed by atoms with van der Waals surface area (Å²) in [6, 6.07) is 11.6. The third kappa shape index (κ3) is 7.30. The van der Waals surface area contributed by atoms with Gasteiger partial charge >= 0.3 is 0 Å². The van der Waals surface area contributed by atoms with Crippen LogP contribution in [0.15, 0.2) is 41.4 Å². The number of hydrogen-bond donors (Lipinski definition) is 2. The van der Waals surface area contributed by atoms with Gasteiger partial charge in [-0.05, 0) is 54.3 Å². The molecule has 0 fully saturated rings. The lowest BCUT2D eigenvalue weighted by atomic mass is 10.1. The van der Waals surface area contributed by atoms with Crippen molar-refractivity contribution in [2.75, 3.05) is 41.9 Å². The Balaban J connectivity index is 0.00000480. The van der Waals surface area contributed by atoms with Crippen LogP contribution in [0.4, 0.5) is 0 Å². The standard InChI is InChI=1S/C23H32N4O3.HI/c1-16-12-20(29-5)21(30-6)14-19(16)15-27(4)23(25-3)26-11-10-17-8-7-9-18(13-17)22(28)24-2;/h7-9,12-14H,10-11,15H2,1-6H3,(H,24,28)(H,25,26);1H. The van der Waals surface area contributed by atoms with Crippen LogP contribution in [0.5, 0.6) is 11.5 Å². The van der Waals surface area contributed by atoms with Gasteiger partial charge in [0.2, 0.25) is 0 Å². The van der Waals surface area contributed by atoms with E-state index in [0.29, 0.717) is 24.4 Å². The monoisotopic (exact) mass is 540 g/mol. The number of carbonyl (C=O) groups is 1. The summed E-state index contributed by atoms with van der Waals surface area (Å²) >= 11 is 0. The van der Waals surface area contributed by atoms with E-state index in [0.717, 1.165) is 34.8 Å². The zero-order valence-corrected chi connectivity index (χ0v) is 21.4. The number of hydrogen-bond acceptors (Lipinski definition) is 4. The smallest absolute Gasteiger partial charge is 0.251 e. The number of benzene rings is 2. The highest BCUT2D eigenvalue weighted by molar-refractivity contribution is 14.0. The molecule has 0 saturated carbocycles. The van der Waals surface area contributed by atoms with Crippen LogP contribution in [0.3, 0.4) is 0 Å². The van der Waals surface area contributed by atoms with E-state index in [2.05, 4.69) is 27.4 Å². The van der Waals surface area contributed by atoms with Crippen molar-refractivity contribution in [1.82, 2.24) is 15.5 Å². The summed E-state index contributed by atoms with van der Waals surface area (Å²) in [5.74, 6) is 2.16. The molecule has 170 valence electrons. The molecule has 0 radical (unpaired) electrons. The summed E-state index contributed by atoms with van der Waals surface area (Å²) in [6.45, 7) is 3.44. The first-order valence-corrected chi connectivity index (χ1v) is 9.87. The molecule has 0 unspecified atom stereocenters. The van der Waals surface area contributed by atoms with Gasteiger partial charge in [0.15, 0.2) is 17.5 Å². The third-order valence-electron chi connectivity index (χ3n) is 4.94. The van der Waals surface area contributed by atoms with Gasteiger partial charge in [-0.2, -0.15) is 0 Å². The molecule has 0 heterocycles. The fraction of sp³-hybridized carbons (Fsp3) is 0.391. The minimum Gasteiger partial charge on any atom is -0.493 e. The molecule has 31 heavy (non-hydrogen) atoms. The SMILES string of the molecule is CN=C(NCCc1cccc(C(=O)NC)c1)N(C)Cc1cc(OC)c(OC)cc1C.I.